The lowest BCUT2D eigenvalue weighted by molar-refractivity contribution is 0.239. The minimum absolute atomic E-state index is 0.167. The van der Waals surface area contributed by atoms with Crippen molar-refractivity contribution in [3.63, 3.8) is 0 Å². The van der Waals surface area contributed by atoms with Gasteiger partial charge in [-0.1, -0.05) is 0 Å². The summed E-state index contributed by atoms with van der Waals surface area (Å²) < 4.78 is 22.7. The lowest BCUT2D eigenvalue weighted by Gasteiger charge is -2.12. The van der Waals surface area contributed by atoms with E-state index in [9.17, 15) is 13.2 Å². The van der Waals surface area contributed by atoms with Crippen molar-refractivity contribution in [1.82, 2.24) is 10.6 Å². The van der Waals surface area contributed by atoms with Crippen LogP contribution in [0, 0.1) is 0 Å². The van der Waals surface area contributed by atoms with Crippen molar-refractivity contribution in [2.75, 3.05) is 18.8 Å². The molecule has 4 N–H and O–H groups in total. The first-order valence-electron chi connectivity index (χ1n) is 5.02. The first-order chi connectivity index (χ1) is 7.06. The molecule has 1 rings (SSSR count). The van der Waals surface area contributed by atoms with E-state index in [1.165, 1.54) is 0 Å². The van der Waals surface area contributed by atoms with Crippen molar-refractivity contribution >= 4 is 15.9 Å². The third kappa shape index (κ3) is 3.67. The molecule has 1 saturated heterocycles. The number of amides is 2. The van der Waals surface area contributed by atoms with Gasteiger partial charge < -0.3 is 16.4 Å². The van der Waals surface area contributed by atoms with Crippen LogP contribution in [0.25, 0.3) is 0 Å². The minimum Gasteiger partial charge on any atom is -0.338 e. The third-order valence-corrected chi connectivity index (χ3v) is 4.37. The molecule has 1 fully saturated rings. The first kappa shape index (κ1) is 12.3. The van der Waals surface area contributed by atoms with Gasteiger partial charge in [0.25, 0.3) is 0 Å². The molecule has 0 saturated carbocycles. The second kappa shape index (κ2) is 5.32. The van der Waals surface area contributed by atoms with Gasteiger partial charge in [-0.2, -0.15) is 0 Å². The van der Waals surface area contributed by atoms with E-state index in [0.29, 0.717) is 32.4 Å². The zero-order chi connectivity index (χ0) is 11.3. The average molecular weight is 235 g/mol. The molecule has 1 aliphatic heterocycles. The summed E-state index contributed by atoms with van der Waals surface area (Å²) >= 11 is 0. The molecule has 0 radical (unpaired) electrons. The molecule has 0 aromatic heterocycles. The summed E-state index contributed by atoms with van der Waals surface area (Å²) in [6.07, 6.45) is 1.81. The highest BCUT2D eigenvalue weighted by molar-refractivity contribution is 7.92. The Morgan fingerprint density at radius 3 is 2.73 bits per heavy atom. The zero-order valence-corrected chi connectivity index (χ0v) is 9.35. The Bertz CT molecular complexity index is 315. The Labute approximate surface area is 89.5 Å². The SMILES string of the molecule is NCCCNC(=O)NC1CCCS1(=O)=O. The Balaban J connectivity index is 2.32. The molecule has 0 aliphatic carbocycles. The molecule has 0 bridgehead atoms. The number of urea groups is 1. The fraction of sp³-hybridized carbons (Fsp3) is 0.875. The number of rotatable bonds is 4. The number of carbonyl (C=O) groups excluding carboxylic acids is 1. The van der Waals surface area contributed by atoms with Crippen molar-refractivity contribution < 1.29 is 13.2 Å². The van der Waals surface area contributed by atoms with Gasteiger partial charge in [-0.05, 0) is 25.8 Å². The predicted octanol–water partition coefficient (Wildman–Crippen LogP) is -0.831. The molecule has 2 amide bonds. The van der Waals surface area contributed by atoms with Gasteiger partial charge >= 0.3 is 6.03 Å². The monoisotopic (exact) mass is 235 g/mol. The van der Waals surface area contributed by atoms with Crippen LogP contribution in [0.5, 0.6) is 0 Å². The van der Waals surface area contributed by atoms with Crippen LogP contribution in [0.4, 0.5) is 4.79 Å². The highest BCUT2D eigenvalue weighted by Crippen LogP contribution is 2.17. The van der Waals surface area contributed by atoms with Crippen molar-refractivity contribution in [3.05, 3.63) is 0 Å². The Morgan fingerprint density at radius 2 is 2.20 bits per heavy atom. The molecule has 0 spiro atoms. The number of sulfone groups is 1. The molecule has 0 aromatic carbocycles. The van der Waals surface area contributed by atoms with Crippen molar-refractivity contribution in [2.24, 2.45) is 5.73 Å². The lowest BCUT2D eigenvalue weighted by Crippen LogP contribution is -2.44. The smallest absolute Gasteiger partial charge is 0.315 e. The normalized spacial score (nSPS) is 23.7. The van der Waals surface area contributed by atoms with E-state index in [1.54, 1.807) is 0 Å². The van der Waals surface area contributed by atoms with E-state index in [2.05, 4.69) is 10.6 Å². The largest absolute Gasteiger partial charge is 0.338 e. The van der Waals surface area contributed by atoms with E-state index >= 15 is 0 Å². The average Bonchev–Trinajstić information content (AvgIpc) is 2.46. The van der Waals surface area contributed by atoms with Crippen LogP contribution in [0.15, 0.2) is 0 Å². The molecule has 15 heavy (non-hydrogen) atoms. The van der Waals surface area contributed by atoms with Gasteiger partial charge in [0, 0.05) is 6.54 Å². The summed E-state index contributed by atoms with van der Waals surface area (Å²) in [6, 6.07) is -0.432. The van der Waals surface area contributed by atoms with Gasteiger partial charge in [0.15, 0.2) is 9.84 Å². The molecule has 1 aliphatic rings. The van der Waals surface area contributed by atoms with Crippen LogP contribution >= 0.6 is 0 Å². The summed E-state index contributed by atoms with van der Waals surface area (Å²) in [5.74, 6) is 0.167. The van der Waals surface area contributed by atoms with Crippen molar-refractivity contribution in [1.29, 1.82) is 0 Å². The van der Waals surface area contributed by atoms with E-state index in [-0.39, 0.29) is 5.75 Å². The number of carbonyl (C=O) groups is 1. The second-order valence-corrected chi connectivity index (χ2v) is 5.84. The Hall–Kier alpha value is -0.820. The summed E-state index contributed by atoms with van der Waals surface area (Å²) in [5, 5.41) is 4.29. The van der Waals surface area contributed by atoms with Gasteiger partial charge in [-0.15, -0.1) is 0 Å². The van der Waals surface area contributed by atoms with E-state index in [4.69, 9.17) is 5.73 Å². The number of nitrogens with one attached hydrogen (secondary N) is 2. The summed E-state index contributed by atoms with van der Waals surface area (Å²) in [5.41, 5.74) is 5.25. The van der Waals surface area contributed by atoms with E-state index in [1.807, 2.05) is 0 Å². The molecule has 1 unspecified atom stereocenters. The first-order valence-corrected chi connectivity index (χ1v) is 6.74. The lowest BCUT2D eigenvalue weighted by atomic mass is 10.3. The standard InChI is InChI=1S/C8H17N3O3S/c9-4-2-5-10-8(12)11-7-3-1-6-15(7,13)14/h7H,1-6,9H2,(H2,10,11,12). The fourth-order valence-electron chi connectivity index (χ4n) is 1.45. The molecular formula is C8H17N3O3S. The molecule has 6 nitrogen and oxygen atoms in total. The van der Waals surface area contributed by atoms with Gasteiger partial charge in [0.05, 0.1) is 5.75 Å². The summed E-state index contributed by atoms with van der Waals surface area (Å²) in [7, 11) is -3.11. The summed E-state index contributed by atoms with van der Waals surface area (Å²) in [4.78, 5) is 11.2. The van der Waals surface area contributed by atoms with Crippen LogP contribution in [0.3, 0.4) is 0 Å². The molecular weight excluding hydrogens is 218 g/mol. The highest BCUT2D eigenvalue weighted by atomic mass is 32.2. The van der Waals surface area contributed by atoms with Crippen LogP contribution < -0.4 is 16.4 Å². The minimum atomic E-state index is -3.11. The zero-order valence-electron chi connectivity index (χ0n) is 8.53. The van der Waals surface area contributed by atoms with Gasteiger partial charge in [-0.3, -0.25) is 0 Å². The predicted molar refractivity (Wildman–Crippen MR) is 57.0 cm³/mol. The molecule has 1 heterocycles. The number of hydrogen-bond donors (Lipinski definition) is 3. The number of nitrogens with two attached hydrogens (primary N) is 1. The van der Waals surface area contributed by atoms with Gasteiger partial charge in [-0.25, -0.2) is 13.2 Å². The van der Waals surface area contributed by atoms with E-state index in [0.717, 1.165) is 0 Å². The van der Waals surface area contributed by atoms with E-state index < -0.39 is 21.2 Å². The van der Waals surface area contributed by atoms with Gasteiger partial charge in [0.2, 0.25) is 0 Å². The van der Waals surface area contributed by atoms with Crippen LogP contribution in [0.2, 0.25) is 0 Å². The highest BCUT2D eigenvalue weighted by Gasteiger charge is 2.32. The maximum absolute atomic E-state index is 11.4. The Morgan fingerprint density at radius 1 is 1.47 bits per heavy atom. The molecule has 7 heteroatoms. The number of hydrogen-bond acceptors (Lipinski definition) is 4. The van der Waals surface area contributed by atoms with Crippen LogP contribution in [0.1, 0.15) is 19.3 Å². The molecule has 1 atom stereocenters. The summed E-state index contributed by atoms with van der Waals surface area (Å²) in [6.45, 7) is 0.969. The third-order valence-electron chi connectivity index (χ3n) is 2.29. The quantitative estimate of drug-likeness (QED) is 0.553. The Kier molecular flexibility index (Phi) is 4.34. The maximum Gasteiger partial charge on any atom is 0.315 e. The van der Waals surface area contributed by atoms with Crippen LogP contribution in [-0.2, 0) is 9.84 Å². The van der Waals surface area contributed by atoms with Gasteiger partial charge in [0.1, 0.15) is 5.37 Å². The van der Waals surface area contributed by atoms with Crippen LogP contribution in [-0.4, -0.2) is 38.7 Å². The molecule has 88 valence electrons. The fourth-order valence-corrected chi connectivity index (χ4v) is 3.12. The van der Waals surface area contributed by atoms with Crippen molar-refractivity contribution in [2.45, 2.75) is 24.6 Å². The topological polar surface area (TPSA) is 101 Å². The molecule has 0 aromatic rings. The second-order valence-electron chi connectivity index (χ2n) is 3.54. The maximum atomic E-state index is 11.4. The van der Waals surface area contributed by atoms with Crippen molar-refractivity contribution in [3.8, 4) is 0 Å².